The Morgan fingerprint density at radius 3 is 2.55 bits per heavy atom. The molecule has 1 heterocycles. The molecule has 0 unspecified atom stereocenters. The number of guanidine groups is 1. The summed E-state index contributed by atoms with van der Waals surface area (Å²) in [6.45, 7) is 9.59. The average Bonchev–Trinajstić information content (AvgIpc) is 3.26. The SMILES string of the molecule is CC(C)(C)OC(=O)N(CCN=C(N)N1CCOCC1)C1CC1. The summed E-state index contributed by atoms with van der Waals surface area (Å²) in [5.74, 6) is 0.531. The Morgan fingerprint density at radius 1 is 1.36 bits per heavy atom. The van der Waals surface area contributed by atoms with Gasteiger partial charge in [-0.3, -0.25) is 4.99 Å². The van der Waals surface area contributed by atoms with Crippen LogP contribution < -0.4 is 5.73 Å². The molecule has 0 radical (unpaired) electrons. The summed E-state index contributed by atoms with van der Waals surface area (Å²) in [5, 5.41) is 0. The maximum Gasteiger partial charge on any atom is 0.410 e. The second-order valence-corrected chi connectivity index (χ2v) is 6.74. The van der Waals surface area contributed by atoms with Gasteiger partial charge in [-0.25, -0.2) is 4.79 Å². The van der Waals surface area contributed by atoms with Gasteiger partial charge in [-0.15, -0.1) is 0 Å². The van der Waals surface area contributed by atoms with E-state index in [2.05, 4.69) is 4.99 Å². The molecule has 0 aromatic heterocycles. The lowest BCUT2D eigenvalue weighted by Crippen LogP contribution is -2.45. The lowest BCUT2D eigenvalue weighted by Gasteiger charge is -2.28. The van der Waals surface area contributed by atoms with Gasteiger partial charge < -0.3 is 25.0 Å². The Morgan fingerprint density at radius 2 is 2.00 bits per heavy atom. The molecule has 7 heteroatoms. The summed E-state index contributed by atoms with van der Waals surface area (Å²) in [7, 11) is 0. The Balaban J connectivity index is 1.82. The third-order valence-electron chi connectivity index (χ3n) is 3.57. The first-order chi connectivity index (χ1) is 10.4. The molecule has 1 saturated heterocycles. The van der Waals surface area contributed by atoms with Gasteiger partial charge in [-0.2, -0.15) is 0 Å². The summed E-state index contributed by atoms with van der Waals surface area (Å²) >= 11 is 0. The number of carbonyl (C=O) groups is 1. The molecule has 22 heavy (non-hydrogen) atoms. The van der Waals surface area contributed by atoms with Crippen LogP contribution in [0.1, 0.15) is 33.6 Å². The van der Waals surface area contributed by atoms with E-state index in [9.17, 15) is 4.79 Å². The minimum Gasteiger partial charge on any atom is -0.444 e. The molecular formula is C15H28N4O3. The van der Waals surface area contributed by atoms with Crippen LogP contribution in [-0.4, -0.2) is 72.9 Å². The third kappa shape index (κ3) is 5.36. The lowest BCUT2D eigenvalue weighted by molar-refractivity contribution is 0.0240. The van der Waals surface area contributed by atoms with E-state index in [0.29, 0.717) is 38.3 Å². The predicted molar refractivity (Wildman–Crippen MR) is 84.8 cm³/mol. The maximum atomic E-state index is 12.2. The molecule has 1 aliphatic heterocycles. The Kier molecular flexibility index (Phi) is 5.50. The van der Waals surface area contributed by atoms with Crippen LogP contribution in [0.3, 0.4) is 0 Å². The molecule has 1 amide bonds. The first-order valence-corrected chi connectivity index (χ1v) is 7.99. The molecule has 126 valence electrons. The van der Waals surface area contributed by atoms with Crippen LogP contribution >= 0.6 is 0 Å². The van der Waals surface area contributed by atoms with Crippen molar-refractivity contribution in [2.75, 3.05) is 39.4 Å². The van der Waals surface area contributed by atoms with E-state index in [4.69, 9.17) is 15.2 Å². The fourth-order valence-corrected chi connectivity index (χ4v) is 2.29. The van der Waals surface area contributed by atoms with Gasteiger partial charge in [-0.1, -0.05) is 0 Å². The van der Waals surface area contributed by atoms with Crippen LogP contribution in [0.15, 0.2) is 4.99 Å². The highest BCUT2D eigenvalue weighted by atomic mass is 16.6. The second-order valence-electron chi connectivity index (χ2n) is 6.74. The molecule has 2 aliphatic rings. The van der Waals surface area contributed by atoms with Crippen LogP contribution in [-0.2, 0) is 9.47 Å². The van der Waals surface area contributed by atoms with Gasteiger partial charge in [0.2, 0.25) is 0 Å². The molecule has 7 nitrogen and oxygen atoms in total. The van der Waals surface area contributed by atoms with Crippen LogP contribution in [0.4, 0.5) is 4.79 Å². The molecule has 2 rings (SSSR count). The van der Waals surface area contributed by atoms with Crippen molar-refractivity contribution in [2.45, 2.75) is 45.3 Å². The van der Waals surface area contributed by atoms with Crippen molar-refractivity contribution in [3.63, 3.8) is 0 Å². The number of nitrogens with zero attached hydrogens (tertiary/aromatic N) is 3. The number of nitrogens with two attached hydrogens (primary N) is 1. The topological polar surface area (TPSA) is 80.4 Å². The molecule has 1 saturated carbocycles. The highest BCUT2D eigenvalue weighted by molar-refractivity contribution is 5.78. The number of hydrogen-bond donors (Lipinski definition) is 1. The van der Waals surface area contributed by atoms with Gasteiger partial charge in [0, 0.05) is 25.7 Å². The first kappa shape index (κ1) is 16.9. The van der Waals surface area contributed by atoms with Crippen LogP contribution in [0.25, 0.3) is 0 Å². The molecule has 1 aliphatic carbocycles. The van der Waals surface area contributed by atoms with E-state index in [0.717, 1.165) is 25.9 Å². The normalized spacial score (nSPS) is 20.0. The van der Waals surface area contributed by atoms with Crippen molar-refractivity contribution >= 4 is 12.1 Å². The zero-order valence-electron chi connectivity index (χ0n) is 13.9. The third-order valence-corrected chi connectivity index (χ3v) is 3.57. The van der Waals surface area contributed by atoms with Crippen molar-refractivity contribution in [2.24, 2.45) is 10.7 Å². The highest BCUT2D eigenvalue weighted by Gasteiger charge is 2.34. The van der Waals surface area contributed by atoms with Gasteiger partial charge in [0.1, 0.15) is 5.60 Å². The summed E-state index contributed by atoms with van der Waals surface area (Å²) in [6.07, 6.45) is 1.83. The molecule has 0 bridgehead atoms. The summed E-state index contributed by atoms with van der Waals surface area (Å²) in [6, 6.07) is 0.301. The van der Waals surface area contributed by atoms with Crippen molar-refractivity contribution in [3.8, 4) is 0 Å². The number of morpholine rings is 1. The molecule has 0 atom stereocenters. The number of rotatable bonds is 4. The van der Waals surface area contributed by atoms with Crippen LogP contribution in [0.5, 0.6) is 0 Å². The Labute approximate surface area is 132 Å². The van der Waals surface area contributed by atoms with E-state index in [-0.39, 0.29) is 6.09 Å². The second kappa shape index (κ2) is 7.17. The molecule has 2 N–H and O–H groups in total. The van der Waals surface area contributed by atoms with E-state index in [1.54, 1.807) is 4.90 Å². The van der Waals surface area contributed by atoms with E-state index in [1.807, 2.05) is 25.7 Å². The highest BCUT2D eigenvalue weighted by Crippen LogP contribution is 2.28. The monoisotopic (exact) mass is 312 g/mol. The lowest BCUT2D eigenvalue weighted by atomic mass is 10.2. The van der Waals surface area contributed by atoms with Crippen molar-refractivity contribution in [1.82, 2.24) is 9.80 Å². The van der Waals surface area contributed by atoms with Gasteiger partial charge >= 0.3 is 6.09 Å². The van der Waals surface area contributed by atoms with E-state index < -0.39 is 5.60 Å². The minimum absolute atomic E-state index is 0.254. The average molecular weight is 312 g/mol. The van der Waals surface area contributed by atoms with Gasteiger partial charge in [0.05, 0.1) is 19.8 Å². The molecule has 0 aromatic rings. The number of carbonyl (C=O) groups excluding carboxylic acids is 1. The van der Waals surface area contributed by atoms with Crippen molar-refractivity contribution < 1.29 is 14.3 Å². The van der Waals surface area contributed by atoms with Crippen molar-refractivity contribution in [3.05, 3.63) is 0 Å². The fraction of sp³-hybridized carbons (Fsp3) is 0.867. The number of amides is 1. The standard InChI is InChI=1S/C15H28N4O3/c1-15(2,3)22-14(20)19(12-4-5-12)7-6-17-13(16)18-8-10-21-11-9-18/h12H,4-11H2,1-3H3,(H2,16,17). The number of aliphatic imine (C=N–C) groups is 1. The minimum atomic E-state index is -0.472. The molecule has 0 aromatic carbocycles. The molecule has 0 spiro atoms. The van der Waals surface area contributed by atoms with E-state index >= 15 is 0 Å². The first-order valence-electron chi connectivity index (χ1n) is 7.99. The van der Waals surface area contributed by atoms with Gasteiger partial charge in [-0.05, 0) is 33.6 Å². The fourth-order valence-electron chi connectivity index (χ4n) is 2.29. The maximum absolute atomic E-state index is 12.2. The summed E-state index contributed by atoms with van der Waals surface area (Å²) in [5.41, 5.74) is 5.52. The molecular weight excluding hydrogens is 284 g/mol. The van der Waals surface area contributed by atoms with Crippen LogP contribution in [0.2, 0.25) is 0 Å². The Bertz CT molecular complexity index is 410. The summed E-state index contributed by atoms with van der Waals surface area (Å²) < 4.78 is 10.7. The van der Waals surface area contributed by atoms with Gasteiger partial charge in [0.25, 0.3) is 0 Å². The zero-order valence-corrected chi connectivity index (χ0v) is 13.9. The number of hydrogen-bond acceptors (Lipinski definition) is 4. The quantitative estimate of drug-likeness (QED) is 0.619. The van der Waals surface area contributed by atoms with E-state index in [1.165, 1.54) is 0 Å². The predicted octanol–water partition coefficient (Wildman–Crippen LogP) is 1.03. The largest absolute Gasteiger partial charge is 0.444 e. The molecule has 2 fully saturated rings. The van der Waals surface area contributed by atoms with Gasteiger partial charge in [0.15, 0.2) is 5.96 Å². The summed E-state index contributed by atoms with van der Waals surface area (Å²) in [4.78, 5) is 20.4. The number of ether oxygens (including phenoxy) is 2. The Hall–Kier alpha value is -1.50. The van der Waals surface area contributed by atoms with Crippen molar-refractivity contribution in [1.29, 1.82) is 0 Å². The van der Waals surface area contributed by atoms with Crippen LogP contribution in [0, 0.1) is 0 Å². The zero-order chi connectivity index (χ0) is 16.2. The smallest absolute Gasteiger partial charge is 0.410 e.